The number of nitrogens with zero attached hydrogens (tertiary/aromatic N) is 3. The Labute approximate surface area is 115 Å². The summed E-state index contributed by atoms with van der Waals surface area (Å²) >= 11 is 5.48. The topological polar surface area (TPSA) is 41.0 Å². The summed E-state index contributed by atoms with van der Waals surface area (Å²) in [5, 5.41) is 2.38. The van der Waals surface area contributed by atoms with Crippen molar-refractivity contribution in [2.24, 2.45) is 0 Å². The Bertz CT molecular complexity index is 423. The largest absolute Gasteiger partial charge is 0.433 e. The number of anilines is 1. The van der Waals surface area contributed by atoms with E-state index in [0.29, 0.717) is 19.1 Å². The maximum absolute atomic E-state index is 12.5. The third-order valence-corrected chi connectivity index (χ3v) is 2.81. The molecule has 0 aromatic carbocycles. The van der Waals surface area contributed by atoms with Crippen molar-refractivity contribution in [2.45, 2.75) is 26.1 Å². The zero-order chi connectivity index (χ0) is 14.6. The monoisotopic (exact) mass is 296 g/mol. The first kappa shape index (κ1) is 16.0. The van der Waals surface area contributed by atoms with Crippen LogP contribution in [0.2, 0.25) is 5.28 Å². The van der Waals surface area contributed by atoms with Crippen LogP contribution in [0, 0.1) is 0 Å². The van der Waals surface area contributed by atoms with Gasteiger partial charge in [0.05, 0.1) is 0 Å². The van der Waals surface area contributed by atoms with Crippen molar-refractivity contribution >= 4 is 17.4 Å². The summed E-state index contributed by atoms with van der Waals surface area (Å²) in [6, 6.07) is 1.21. The first-order valence-corrected chi connectivity index (χ1v) is 6.14. The summed E-state index contributed by atoms with van der Waals surface area (Å²) in [5.74, 6) is 0.0736. The molecule has 1 aromatic rings. The van der Waals surface area contributed by atoms with E-state index in [4.69, 9.17) is 11.6 Å². The van der Waals surface area contributed by atoms with Crippen LogP contribution >= 0.6 is 11.6 Å². The molecule has 1 N–H and O–H groups in total. The summed E-state index contributed by atoms with van der Waals surface area (Å²) in [7, 11) is 1.93. The van der Waals surface area contributed by atoms with Crippen LogP contribution in [-0.2, 0) is 6.18 Å². The zero-order valence-corrected chi connectivity index (χ0v) is 11.7. The molecular weight excluding hydrogens is 281 g/mol. The van der Waals surface area contributed by atoms with E-state index in [2.05, 4.69) is 20.2 Å². The molecule has 0 atom stereocenters. The van der Waals surface area contributed by atoms with Crippen LogP contribution in [0.1, 0.15) is 19.5 Å². The molecule has 0 unspecified atom stereocenters. The minimum atomic E-state index is -4.53. The number of alkyl halides is 3. The molecule has 108 valence electrons. The van der Waals surface area contributed by atoms with Crippen molar-refractivity contribution in [1.29, 1.82) is 0 Å². The molecule has 0 aliphatic carbocycles. The minimum Gasteiger partial charge on any atom is -0.369 e. The third-order valence-electron chi connectivity index (χ3n) is 2.64. The first-order chi connectivity index (χ1) is 8.70. The Morgan fingerprint density at radius 1 is 1.37 bits per heavy atom. The summed E-state index contributed by atoms with van der Waals surface area (Å²) in [5.41, 5.74) is -1.05. The van der Waals surface area contributed by atoms with Gasteiger partial charge in [0.15, 0.2) is 5.69 Å². The summed E-state index contributed by atoms with van der Waals surface area (Å²) in [6.45, 7) is 5.21. The van der Waals surface area contributed by atoms with E-state index in [1.54, 1.807) is 0 Å². The zero-order valence-electron chi connectivity index (χ0n) is 10.9. The van der Waals surface area contributed by atoms with Crippen molar-refractivity contribution in [3.05, 3.63) is 17.0 Å². The molecule has 19 heavy (non-hydrogen) atoms. The van der Waals surface area contributed by atoms with Crippen molar-refractivity contribution in [2.75, 3.05) is 25.5 Å². The number of hydrogen-bond acceptors (Lipinski definition) is 4. The molecule has 1 rings (SSSR count). The fourth-order valence-corrected chi connectivity index (χ4v) is 1.45. The van der Waals surface area contributed by atoms with Crippen LogP contribution in [0.3, 0.4) is 0 Å². The van der Waals surface area contributed by atoms with Gasteiger partial charge in [-0.25, -0.2) is 9.97 Å². The molecular formula is C11H16ClF3N4. The van der Waals surface area contributed by atoms with Gasteiger partial charge in [-0.3, -0.25) is 0 Å². The summed E-state index contributed by atoms with van der Waals surface area (Å²) < 4.78 is 37.6. The van der Waals surface area contributed by atoms with Crippen LogP contribution in [0.4, 0.5) is 19.0 Å². The van der Waals surface area contributed by atoms with Gasteiger partial charge in [0.1, 0.15) is 5.82 Å². The molecule has 0 radical (unpaired) electrons. The number of aromatic nitrogens is 2. The highest BCUT2D eigenvalue weighted by Gasteiger charge is 2.33. The van der Waals surface area contributed by atoms with Gasteiger partial charge in [0.2, 0.25) is 5.28 Å². The van der Waals surface area contributed by atoms with E-state index in [1.165, 1.54) is 0 Å². The molecule has 0 bridgehead atoms. The molecule has 0 aliphatic heterocycles. The van der Waals surface area contributed by atoms with E-state index in [0.717, 1.165) is 6.07 Å². The van der Waals surface area contributed by atoms with E-state index in [1.807, 2.05) is 20.9 Å². The lowest BCUT2D eigenvalue weighted by Crippen LogP contribution is -2.31. The van der Waals surface area contributed by atoms with Gasteiger partial charge in [-0.2, -0.15) is 13.2 Å². The van der Waals surface area contributed by atoms with E-state index in [-0.39, 0.29) is 5.82 Å². The van der Waals surface area contributed by atoms with Crippen molar-refractivity contribution in [3.8, 4) is 0 Å². The highest BCUT2D eigenvalue weighted by atomic mass is 35.5. The molecule has 1 aromatic heterocycles. The Balaban J connectivity index is 2.67. The molecule has 0 aliphatic rings. The average Bonchev–Trinajstić information content (AvgIpc) is 2.26. The Kier molecular flexibility index (Phi) is 5.37. The lowest BCUT2D eigenvalue weighted by molar-refractivity contribution is -0.141. The van der Waals surface area contributed by atoms with Gasteiger partial charge in [0, 0.05) is 25.2 Å². The van der Waals surface area contributed by atoms with Crippen molar-refractivity contribution < 1.29 is 13.2 Å². The highest BCUT2D eigenvalue weighted by molar-refractivity contribution is 6.28. The van der Waals surface area contributed by atoms with Crippen LogP contribution in [0.15, 0.2) is 6.07 Å². The highest BCUT2D eigenvalue weighted by Crippen LogP contribution is 2.29. The Hall–Kier alpha value is -1.08. The minimum absolute atomic E-state index is 0.0736. The van der Waals surface area contributed by atoms with Gasteiger partial charge in [0.25, 0.3) is 0 Å². The Morgan fingerprint density at radius 2 is 2.00 bits per heavy atom. The first-order valence-electron chi connectivity index (χ1n) is 5.76. The average molecular weight is 297 g/mol. The fraction of sp³-hybridized carbons (Fsp3) is 0.636. The SMILES string of the molecule is CC(C)N(C)CCNc1cc(C(F)(F)F)nc(Cl)n1. The predicted octanol–water partition coefficient (Wildman–Crippen LogP) is 2.90. The van der Waals surface area contributed by atoms with Crippen molar-refractivity contribution in [1.82, 2.24) is 14.9 Å². The molecule has 8 heteroatoms. The van der Waals surface area contributed by atoms with Crippen LogP contribution in [0.25, 0.3) is 0 Å². The molecule has 0 saturated heterocycles. The Morgan fingerprint density at radius 3 is 2.53 bits per heavy atom. The van der Waals surface area contributed by atoms with Gasteiger partial charge in [-0.15, -0.1) is 0 Å². The van der Waals surface area contributed by atoms with E-state index < -0.39 is 17.2 Å². The maximum Gasteiger partial charge on any atom is 0.433 e. The van der Waals surface area contributed by atoms with Gasteiger partial charge in [-0.05, 0) is 32.5 Å². The fourth-order valence-electron chi connectivity index (χ4n) is 1.27. The lowest BCUT2D eigenvalue weighted by atomic mass is 10.3. The van der Waals surface area contributed by atoms with Crippen molar-refractivity contribution in [3.63, 3.8) is 0 Å². The van der Waals surface area contributed by atoms with E-state index in [9.17, 15) is 13.2 Å². The second-order valence-corrected chi connectivity index (χ2v) is 4.74. The maximum atomic E-state index is 12.5. The number of rotatable bonds is 5. The normalized spacial score (nSPS) is 12.3. The number of halogens is 4. The van der Waals surface area contributed by atoms with Crippen LogP contribution in [0.5, 0.6) is 0 Å². The van der Waals surface area contributed by atoms with Gasteiger partial charge >= 0.3 is 6.18 Å². The van der Waals surface area contributed by atoms with Crippen LogP contribution in [-0.4, -0.2) is 41.0 Å². The molecule has 0 amide bonds. The number of nitrogens with one attached hydrogen (secondary N) is 1. The molecule has 1 heterocycles. The lowest BCUT2D eigenvalue weighted by Gasteiger charge is -2.21. The molecule has 4 nitrogen and oxygen atoms in total. The van der Waals surface area contributed by atoms with Gasteiger partial charge < -0.3 is 10.2 Å². The summed E-state index contributed by atoms with van der Waals surface area (Å²) in [6.07, 6.45) is -4.53. The molecule has 0 fully saturated rings. The van der Waals surface area contributed by atoms with Crippen LogP contribution < -0.4 is 5.32 Å². The smallest absolute Gasteiger partial charge is 0.369 e. The van der Waals surface area contributed by atoms with Gasteiger partial charge in [-0.1, -0.05) is 0 Å². The predicted molar refractivity (Wildman–Crippen MR) is 68.3 cm³/mol. The second-order valence-electron chi connectivity index (χ2n) is 4.41. The molecule has 0 spiro atoms. The summed E-state index contributed by atoms with van der Waals surface area (Å²) in [4.78, 5) is 8.93. The molecule has 0 saturated carbocycles. The third kappa shape index (κ3) is 5.20. The second kappa shape index (κ2) is 6.38. The quantitative estimate of drug-likeness (QED) is 0.848. The number of hydrogen-bond donors (Lipinski definition) is 1. The number of likely N-dealkylation sites (N-methyl/N-ethyl adjacent to an activating group) is 1. The van der Waals surface area contributed by atoms with E-state index >= 15 is 0 Å². The standard InChI is InChI=1S/C11H16ClF3N4/c1-7(2)19(3)5-4-16-9-6-8(11(13,14)15)17-10(12)18-9/h6-7H,4-5H2,1-3H3,(H,16,17,18).